The molecule has 1 saturated heterocycles. The van der Waals surface area contributed by atoms with Crippen molar-refractivity contribution in [2.45, 2.75) is 38.1 Å². The van der Waals surface area contributed by atoms with Gasteiger partial charge in [0.1, 0.15) is 0 Å². The Labute approximate surface area is 120 Å². The molecule has 0 atom stereocenters. The molecule has 0 aromatic heterocycles. The van der Waals surface area contributed by atoms with E-state index in [1.165, 1.54) is 0 Å². The number of rotatable bonds is 5. The van der Waals surface area contributed by atoms with Crippen molar-refractivity contribution in [1.29, 1.82) is 0 Å². The first-order valence-electron chi connectivity index (χ1n) is 7.58. The summed E-state index contributed by atoms with van der Waals surface area (Å²) in [6.07, 6.45) is 3.55. The standard InChI is InChI=1S/C14H26N4O2/c1-2-16-12(19)11-17-6-8-18(9-7-17)13(20)10-14(15)4-3-5-14/h2-11,15H2,1H3,(H,16,19). The van der Waals surface area contributed by atoms with E-state index in [1.54, 1.807) is 0 Å². The van der Waals surface area contributed by atoms with Crippen molar-refractivity contribution in [3.05, 3.63) is 0 Å². The lowest BCUT2D eigenvalue weighted by molar-refractivity contribution is -0.135. The summed E-state index contributed by atoms with van der Waals surface area (Å²) in [5.41, 5.74) is 5.89. The number of nitrogens with two attached hydrogens (primary N) is 1. The fraction of sp³-hybridized carbons (Fsp3) is 0.857. The van der Waals surface area contributed by atoms with Gasteiger partial charge in [0, 0.05) is 44.7 Å². The summed E-state index contributed by atoms with van der Waals surface area (Å²) in [6, 6.07) is 0. The number of nitrogens with one attached hydrogen (secondary N) is 1. The molecule has 0 spiro atoms. The van der Waals surface area contributed by atoms with Crippen LogP contribution in [0.4, 0.5) is 0 Å². The van der Waals surface area contributed by atoms with Crippen molar-refractivity contribution in [3.63, 3.8) is 0 Å². The van der Waals surface area contributed by atoms with Gasteiger partial charge in [-0.1, -0.05) is 0 Å². The first-order valence-corrected chi connectivity index (χ1v) is 7.58. The van der Waals surface area contributed by atoms with Crippen LogP contribution in [0, 0.1) is 0 Å². The Morgan fingerprint density at radius 1 is 1.20 bits per heavy atom. The Morgan fingerprint density at radius 2 is 1.85 bits per heavy atom. The second kappa shape index (κ2) is 6.54. The Morgan fingerprint density at radius 3 is 2.35 bits per heavy atom. The minimum atomic E-state index is -0.241. The predicted octanol–water partition coefficient (Wildman–Crippen LogP) is -0.462. The van der Waals surface area contributed by atoms with Crippen LogP contribution in [0.2, 0.25) is 0 Å². The van der Waals surface area contributed by atoms with E-state index < -0.39 is 0 Å². The topological polar surface area (TPSA) is 78.7 Å². The second-order valence-corrected chi connectivity index (χ2v) is 6.00. The van der Waals surface area contributed by atoms with Crippen molar-refractivity contribution in [1.82, 2.24) is 15.1 Å². The van der Waals surface area contributed by atoms with Crippen molar-refractivity contribution < 1.29 is 9.59 Å². The normalized spacial score (nSPS) is 22.2. The van der Waals surface area contributed by atoms with E-state index in [0.717, 1.165) is 32.4 Å². The zero-order chi connectivity index (χ0) is 14.6. The highest BCUT2D eigenvalue weighted by atomic mass is 16.2. The summed E-state index contributed by atoms with van der Waals surface area (Å²) < 4.78 is 0. The van der Waals surface area contributed by atoms with Gasteiger partial charge in [0.2, 0.25) is 11.8 Å². The van der Waals surface area contributed by atoms with Crippen molar-refractivity contribution in [2.75, 3.05) is 39.3 Å². The zero-order valence-corrected chi connectivity index (χ0v) is 12.4. The van der Waals surface area contributed by atoms with E-state index in [0.29, 0.717) is 32.6 Å². The lowest BCUT2D eigenvalue weighted by Gasteiger charge is -2.40. The van der Waals surface area contributed by atoms with Gasteiger partial charge in [0.05, 0.1) is 6.54 Å². The fourth-order valence-electron chi connectivity index (χ4n) is 2.83. The molecule has 0 aromatic carbocycles. The molecule has 1 aliphatic carbocycles. The SMILES string of the molecule is CCNC(=O)CN1CCN(C(=O)CC2(N)CCC2)CC1. The van der Waals surface area contributed by atoms with Gasteiger partial charge in [-0.05, 0) is 26.2 Å². The monoisotopic (exact) mass is 282 g/mol. The molecular weight excluding hydrogens is 256 g/mol. The molecule has 2 amide bonds. The van der Waals surface area contributed by atoms with Gasteiger partial charge in [0.25, 0.3) is 0 Å². The molecule has 20 heavy (non-hydrogen) atoms. The summed E-state index contributed by atoms with van der Waals surface area (Å²) in [4.78, 5) is 27.7. The van der Waals surface area contributed by atoms with Gasteiger partial charge in [-0.15, -0.1) is 0 Å². The second-order valence-electron chi connectivity index (χ2n) is 6.00. The minimum absolute atomic E-state index is 0.0580. The molecule has 2 fully saturated rings. The van der Waals surface area contributed by atoms with E-state index in [-0.39, 0.29) is 17.4 Å². The van der Waals surface area contributed by atoms with Gasteiger partial charge in [-0.2, -0.15) is 0 Å². The molecule has 1 heterocycles. The molecule has 1 aliphatic heterocycles. The van der Waals surface area contributed by atoms with Gasteiger partial charge >= 0.3 is 0 Å². The van der Waals surface area contributed by atoms with Gasteiger partial charge in [0.15, 0.2) is 0 Å². The quantitative estimate of drug-likeness (QED) is 0.715. The first-order chi connectivity index (χ1) is 9.52. The number of carbonyl (C=O) groups is 2. The molecule has 0 aromatic rings. The van der Waals surface area contributed by atoms with E-state index >= 15 is 0 Å². The Balaban J connectivity index is 1.70. The molecule has 1 saturated carbocycles. The number of hydrogen-bond acceptors (Lipinski definition) is 4. The van der Waals surface area contributed by atoms with E-state index in [9.17, 15) is 9.59 Å². The molecule has 6 heteroatoms. The lowest BCUT2D eigenvalue weighted by atomic mass is 9.75. The maximum Gasteiger partial charge on any atom is 0.234 e. The van der Waals surface area contributed by atoms with Gasteiger partial charge in [-0.25, -0.2) is 0 Å². The van der Waals surface area contributed by atoms with Gasteiger partial charge in [-0.3, -0.25) is 14.5 Å². The summed E-state index contributed by atoms with van der Waals surface area (Å²) in [6.45, 7) is 5.94. The Kier molecular flexibility index (Phi) is 4.99. The highest BCUT2D eigenvalue weighted by Gasteiger charge is 2.36. The summed E-state index contributed by atoms with van der Waals surface area (Å²) in [5.74, 6) is 0.229. The Hall–Kier alpha value is -1.14. The number of amides is 2. The third kappa shape index (κ3) is 3.93. The summed E-state index contributed by atoms with van der Waals surface area (Å²) in [5, 5.41) is 2.80. The smallest absolute Gasteiger partial charge is 0.234 e. The molecule has 2 rings (SSSR count). The molecule has 0 unspecified atom stereocenters. The highest BCUT2D eigenvalue weighted by molar-refractivity contribution is 5.78. The van der Waals surface area contributed by atoms with Crippen molar-refractivity contribution >= 4 is 11.8 Å². The van der Waals surface area contributed by atoms with Crippen LogP contribution in [0.15, 0.2) is 0 Å². The van der Waals surface area contributed by atoms with Crippen LogP contribution < -0.4 is 11.1 Å². The Bertz CT molecular complexity index is 360. The fourth-order valence-corrected chi connectivity index (χ4v) is 2.83. The molecule has 0 bridgehead atoms. The predicted molar refractivity (Wildman–Crippen MR) is 77.1 cm³/mol. The van der Waals surface area contributed by atoms with Crippen LogP contribution >= 0.6 is 0 Å². The molecule has 0 radical (unpaired) electrons. The van der Waals surface area contributed by atoms with Gasteiger partial charge < -0.3 is 16.0 Å². The zero-order valence-electron chi connectivity index (χ0n) is 12.4. The van der Waals surface area contributed by atoms with E-state index in [2.05, 4.69) is 10.2 Å². The minimum Gasteiger partial charge on any atom is -0.355 e. The maximum atomic E-state index is 12.2. The maximum absolute atomic E-state index is 12.2. The number of hydrogen-bond donors (Lipinski definition) is 2. The molecule has 114 valence electrons. The van der Waals surface area contributed by atoms with Crippen LogP contribution in [-0.4, -0.2) is 66.4 Å². The van der Waals surface area contributed by atoms with Crippen LogP contribution in [0.25, 0.3) is 0 Å². The van der Waals surface area contributed by atoms with Crippen LogP contribution in [0.1, 0.15) is 32.6 Å². The van der Waals surface area contributed by atoms with Crippen LogP contribution in [0.3, 0.4) is 0 Å². The molecule has 3 N–H and O–H groups in total. The molecule has 6 nitrogen and oxygen atoms in total. The number of carbonyl (C=O) groups excluding carboxylic acids is 2. The molecule has 2 aliphatic rings. The number of likely N-dealkylation sites (N-methyl/N-ethyl adjacent to an activating group) is 1. The van der Waals surface area contributed by atoms with E-state index in [4.69, 9.17) is 5.73 Å². The average molecular weight is 282 g/mol. The highest BCUT2D eigenvalue weighted by Crippen LogP contribution is 2.32. The number of piperazine rings is 1. The molecular formula is C14H26N4O2. The largest absolute Gasteiger partial charge is 0.355 e. The summed E-state index contributed by atoms with van der Waals surface area (Å²) in [7, 11) is 0. The summed E-state index contributed by atoms with van der Waals surface area (Å²) >= 11 is 0. The third-order valence-electron chi connectivity index (χ3n) is 4.32. The van der Waals surface area contributed by atoms with E-state index in [1.807, 2.05) is 11.8 Å². The lowest BCUT2D eigenvalue weighted by Crippen LogP contribution is -2.55. The first kappa shape index (κ1) is 15.3. The van der Waals surface area contributed by atoms with Crippen molar-refractivity contribution in [2.24, 2.45) is 5.73 Å². The third-order valence-corrected chi connectivity index (χ3v) is 4.32. The number of nitrogens with zero attached hydrogens (tertiary/aromatic N) is 2. The average Bonchev–Trinajstić information content (AvgIpc) is 2.38. The van der Waals surface area contributed by atoms with Crippen LogP contribution in [0.5, 0.6) is 0 Å². The van der Waals surface area contributed by atoms with Crippen LogP contribution in [-0.2, 0) is 9.59 Å². The van der Waals surface area contributed by atoms with Crippen molar-refractivity contribution in [3.8, 4) is 0 Å².